The number of carbonyl (C=O) groups excluding carboxylic acids is 1. The fourth-order valence-corrected chi connectivity index (χ4v) is 4.39. The summed E-state index contributed by atoms with van der Waals surface area (Å²) in [7, 11) is 1.52. The van der Waals surface area contributed by atoms with E-state index in [0.29, 0.717) is 23.3 Å². The second-order valence-corrected chi connectivity index (χ2v) is 9.86. The van der Waals surface area contributed by atoms with Gasteiger partial charge in [0.25, 0.3) is 11.5 Å². The lowest BCUT2D eigenvalue weighted by Gasteiger charge is -2.31. The maximum absolute atomic E-state index is 13.0. The highest BCUT2D eigenvalue weighted by atomic mass is 127. The van der Waals surface area contributed by atoms with E-state index in [4.69, 9.17) is 16.3 Å². The minimum Gasteiger partial charge on any atom is -0.478 e. The molecule has 0 bridgehead atoms. The first-order valence-corrected chi connectivity index (χ1v) is 12.7. The molecule has 0 radical (unpaired) electrons. The van der Waals surface area contributed by atoms with Gasteiger partial charge < -0.3 is 24.8 Å². The predicted molar refractivity (Wildman–Crippen MR) is 146 cm³/mol. The molecule has 0 atom stereocenters. The second-order valence-electron chi connectivity index (χ2n) is 8.09. The normalized spacial score (nSPS) is 14.2. The van der Waals surface area contributed by atoms with Crippen molar-refractivity contribution < 1.29 is 9.53 Å². The third-order valence-electron chi connectivity index (χ3n) is 5.65. The quantitative estimate of drug-likeness (QED) is 0.296. The zero-order chi connectivity index (χ0) is 24.9. The molecule has 1 fully saturated rings. The summed E-state index contributed by atoms with van der Waals surface area (Å²) in [6.45, 7) is 5.85. The van der Waals surface area contributed by atoms with Crippen molar-refractivity contribution in [3.05, 3.63) is 45.8 Å². The molecule has 0 saturated carbocycles. The molecule has 2 aromatic heterocycles. The summed E-state index contributed by atoms with van der Waals surface area (Å²) >= 11 is 8.73. The highest BCUT2D eigenvalue weighted by molar-refractivity contribution is 14.1. The summed E-state index contributed by atoms with van der Waals surface area (Å²) in [4.78, 5) is 35.8. The molecular weight excluding hydrogens is 585 g/mol. The van der Waals surface area contributed by atoms with Crippen LogP contribution in [0, 0.1) is 0 Å². The zero-order valence-corrected chi connectivity index (χ0v) is 22.5. The van der Waals surface area contributed by atoms with Gasteiger partial charge in [0.05, 0.1) is 11.7 Å². The molecule has 1 aromatic carbocycles. The molecule has 186 valence electrons. The first-order chi connectivity index (χ1) is 16.9. The number of nitrogens with zero attached hydrogens (tertiary/aromatic N) is 5. The molecule has 1 aliphatic rings. The van der Waals surface area contributed by atoms with Gasteiger partial charge in [-0.05, 0) is 30.7 Å². The average Bonchev–Trinajstić information content (AvgIpc) is 2.86. The van der Waals surface area contributed by atoms with Crippen LogP contribution < -0.4 is 25.8 Å². The summed E-state index contributed by atoms with van der Waals surface area (Å²) in [6.07, 6.45) is 2.38. The van der Waals surface area contributed by atoms with Crippen molar-refractivity contribution >= 4 is 68.7 Å². The van der Waals surface area contributed by atoms with Crippen LogP contribution in [0.5, 0.6) is 5.75 Å². The number of amides is 1. The average molecular weight is 612 g/mol. The first-order valence-electron chi connectivity index (χ1n) is 11.4. The summed E-state index contributed by atoms with van der Waals surface area (Å²) < 4.78 is 9.44. The fraction of sp³-hybridized carbons (Fsp3) is 0.391. The van der Waals surface area contributed by atoms with E-state index in [2.05, 4.69) is 51.5 Å². The summed E-state index contributed by atoms with van der Waals surface area (Å²) in [6, 6.07) is 7.33. The minimum absolute atomic E-state index is 0.128. The van der Waals surface area contributed by atoms with E-state index in [1.807, 2.05) is 25.1 Å². The number of fused-ring (bicyclic) bond motifs is 1. The van der Waals surface area contributed by atoms with Crippen LogP contribution in [0.15, 0.2) is 35.3 Å². The molecule has 1 saturated heterocycles. The first kappa shape index (κ1) is 25.5. The van der Waals surface area contributed by atoms with Crippen molar-refractivity contribution in [3.8, 4) is 5.75 Å². The smallest absolute Gasteiger partial charge is 0.293 e. The Bertz CT molecular complexity index is 1280. The Kier molecular flexibility index (Phi) is 8.29. The SMILES string of the molecule is CCCn1c(=O)c(OCC(=O)NC)cc2cc(Nc3nc(N4CCN(I)CC4)ncc3Cl)ccc21. The predicted octanol–water partition coefficient (Wildman–Crippen LogP) is 3.20. The van der Waals surface area contributed by atoms with Crippen LogP contribution in [-0.4, -0.2) is 63.4 Å². The Morgan fingerprint density at radius 2 is 2.00 bits per heavy atom. The molecule has 0 spiro atoms. The van der Waals surface area contributed by atoms with E-state index in [1.165, 1.54) is 7.05 Å². The number of hydrogen-bond donors (Lipinski definition) is 2. The van der Waals surface area contributed by atoms with Gasteiger partial charge in [0.1, 0.15) is 5.02 Å². The third kappa shape index (κ3) is 5.96. The van der Waals surface area contributed by atoms with E-state index in [1.54, 1.807) is 16.8 Å². The van der Waals surface area contributed by atoms with Crippen molar-refractivity contribution in [2.45, 2.75) is 19.9 Å². The third-order valence-corrected chi connectivity index (χ3v) is 6.89. The molecule has 3 aromatic rings. The molecule has 0 aliphatic carbocycles. The summed E-state index contributed by atoms with van der Waals surface area (Å²) in [5, 5.41) is 6.97. The van der Waals surface area contributed by atoms with Gasteiger partial charge in [0.2, 0.25) is 5.95 Å². The number of piperazine rings is 1. The van der Waals surface area contributed by atoms with Gasteiger partial charge >= 0.3 is 0 Å². The lowest BCUT2D eigenvalue weighted by molar-refractivity contribution is -0.122. The van der Waals surface area contributed by atoms with E-state index >= 15 is 0 Å². The largest absolute Gasteiger partial charge is 0.478 e. The molecule has 35 heavy (non-hydrogen) atoms. The number of benzene rings is 1. The van der Waals surface area contributed by atoms with Crippen molar-refractivity contribution in [2.24, 2.45) is 0 Å². The lowest BCUT2D eigenvalue weighted by atomic mass is 10.1. The van der Waals surface area contributed by atoms with Crippen molar-refractivity contribution in [1.29, 1.82) is 0 Å². The Morgan fingerprint density at radius 1 is 1.23 bits per heavy atom. The van der Waals surface area contributed by atoms with Crippen molar-refractivity contribution in [1.82, 2.24) is 23.0 Å². The van der Waals surface area contributed by atoms with Gasteiger partial charge in [-0.2, -0.15) is 4.98 Å². The molecule has 1 aliphatic heterocycles. The van der Waals surface area contributed by atoms with Gasteiger partial charge in [-0.25, -0.2) is 8.10 Å². The number of anilines is 3. The van der Waals surface area contributed by atoms with Crippen LogP contribution in [0.25, 0.3) is 10.9 Å². The molecule has 12 heteroatoms. The zero-order valence-electron chi connectivity index (χ0n) is 19.6. The van der Waals surface area contributed by atoms with Crippen LogP contribution in [0.1, 0.15) is 13.3 Å². The Balaban J connectivity index is 1.65. The highest BCUT2D eigenvalue weighted by Gasteiger charge is 2.19. The Hall–Kier alpha value is -2.64. The second kappa shape index (κ2) is 11.4. The van der Waals surface area contributed by atoms with E-state index in [0.717, 1.165) is 49.2 Å². The van der Waals surface area contributed by atoms with Crippen molar-refractivity contribution in [2.75, 3.05) is 50.1 Å². The van der Waals surface area contributed by atoms with Crippen LogP contribution in [0.4, 0.5) is 17.5 Å². The lowest BCUT2D eigenvalue weighted by Crippen LogP contribution is -2.42. The summed E-state index contributed by atoms with van der Waals surface area (Å²) in [5.74, 6) is 0.953. The maximum atomic E-state index is 13.0. The number of aromatic nitrogens is 3. The minimum atomic E-state index is -0.309. The van der Waals surface area contributed by atoms with Crippen LogP contribution in [-0.2, 0) is 11.3 Å². The Morgan fingerprint density at radius 3 is 2.71 bits per heavy atom. The number of carbonyl (C=O) groups is 1. The van der Waals surface area contributed by atoms with Crippen LogP contribution in [0.3, 0.4) is 0 Å². The van der Waals surface area contributed by atoms with Gasteiger partial charge in [-0.1, -0.05) is 18.5 Å². The topological polar surface area (TPSA) is 105 Å². The molecule has 0 unspecified atom stereocenters. The fourth-order valence-electron chi connectivity index (χ4n) is 3.82. The van der Waals surface area contributed by atoms with E-state index < -0.39 is 0 Å². The number of pyridine rings is 1. The van der Waals surface area contributed by atoms with Gasteiger partial charge in [0, 0.05) is 73.7 Å². The van der Waals surface area contributed by atoms with Crippen LogP contribution >= 0.6 is 34.5 Å². The van der Waals surface area contributed by atoms with Gasteiger partial charge in [0.15, 0.2) is 18.2 Å². The van der Waals surface area contributed by atoms with E-state index in [9.17, 15) is 9.59 Å². The molecule has 10 nitrogen and oxygen atoms in total. The number of rotatable bonds is 8. The van der Waals surface area contributed by atoms with E-state index in [-0.39, 0.29) is 23.8 Å². The number of aryl methyl sites for hydroxylation is 1. The van der Waals surface area contributed by atoms with Crippen LogP contribution in [0.2, 0.25) is 5.02 Å². The molecule has 2 N–H and O–H groups in total. The number of nitrogens with one attached hydrogen (secondary N) is 2. The number of halogens is 2. The number of hydrogen-bond acceptors (Lipinski definition) is 8. The van der Waals surface area contributed by atoms with Gasteiger partial charge in [-0.3, -0.25) is 9.59 Å². The standard InChI is InChI=1S/C23H27ClIN7O3/c1-3-6-32-18-5-4-16(11-15(18)12-19(22(32)34)35-14-20(33)26-2)28-21-17(24)13-27-23(29-21)30-7-9-31(25)10-8-30/h4-5,11-13H,3,6-10,14H2,1-2H3,(H,26,33)(H,27,28,29). The van der Waals surface area contributed by atoms with Crippen molar-refractivity contribution in [3.63, 3.8) is 0 Å². The maximum Gasteiger partial charge on any atom is 0.293 e. The molecule has 4 rings (SSSR count). The number of likely N-dealkylation sites (N-methyl/N-ethyl adjacent to an activating group) is 1. The summed E-state index contributed by atoms with van der Waals surface area (Å²) in [5.41, 5.74) is 1.26. The number of ether oxygens (including phenoxy) is 1. The molecule has 1 amide bonds. The highest BCUT2D eigenvalue weighted by Crippen LogP contribution is 2.28. The molecular formula is C23H27ClIN7O3. The molecule has 3 heterocycles. The van der Waals surface area contributed by atoms with Gasteiger partial charge in [-0.15, -0.1) is 0 Å². The Labute approximate surface area is 222 Å². The monoisotopic (exact) mass is 611 g/mol.